The van der Waals surface area contributed by atoms with Crippen LogP contribution in [0.2, 0.25) is 5.02 Å². The van der Waals surface area contributed by atoms with Gasteiger partial charge in [-0.2, -0.15) is 0 Å². The quantitative estimate of drug-likeness (QED) is 0.860. The lowest BCUT2D eigenvalue weighted by molar-refractivity contribution is 0.445. The Kier molecular flexibility index (Phi) is 3.58. The number of hydrogen-bond acceptors (Lipinski definition) is 2. The zero-order chi connectivity index (χ0) is 13.5. The smallest absolute Gasteiger partial charge is 0.212 e. The van der Waals surface area contributed by atoms with Crippen LogP contribution in [0, 0.1) is 11.8 Å². The average Bonchev–Trinajstić information content (AvgIpc) is 2.92. The highest BCUT2D eigenvalue weighted by Crippen LogP contribution is 2.39. The predicted octanol–water partition coefficient (Wildman–Crippen LogP) is 2.90. The third-order valence-corrected chi connectivity index (χ3v) is 6.51. The monoisotopic (exact) mass is 299 g/mol. The molecule has 0 N–H and O–H groups in total. The van der Waals surface area contributed by atoms with E-state index in [1.807, 2.05) is 12.1 Å². The van der Waals surface area contributed by atoms with Crippen molar-refractivity contribution in [3.63, 3.8) is 0 Å². The first-order valence-corrected chi connectivity index (χ1v) is 8.76. The molecule has 0 aromatic heterocycles. The summed E-state index contributed by atoms with van der Waals surface area (Å²) < 4.78 is 26.6. The lowest BCUT2D eigenvalue weighted by atomic mass is 10.0. The Labute approximate surface area is 119 Å². The maximum Gasteiger partial charge on any atom is 0.218 e. The summed E-state index contributed by atoms with van der Waals surface area (Å²) in [6.45, 7) is 1.41. The Morgan fingerprint density at radius 3 is 2.42 bits per heavy atom. The average molecular weight is 300 g/mol. The van der Waals surface area contributed by atoms with E-state index in [0.717, 1.165) is 0 Å². The fourth-order valence-corrected chi connectivity index (χ4v) is 5.27. The van der Waals surface area contributed by atoms with Crippen LogP contribution in [0.5, 0.6) is 0 Å². The second-order valence-corrected chi connectivity index (χ2v) is 7.99. The Morgan fingerprint density at radius 2 is 1.79 bits per heavy atom. The third-order valence-electron chi connectivity index (χ3n) is 4.38. The molecule has 2 atom stereocenters. The topological polar surface area (TPSA) is 37.4 Å². The number of sulfonamides is 1. The van der Waals surface area contributed by atoms with Gasteiger partial charge >= 0.3 is 0 Å². The third kappa shape index (κ3) is 2.67. The van der Waals surface area contributed by atoms with Gasteiger partial charge in [-0.3, -0.25) is 0 Å². The molecule has 1 saturated carbocycles. The molecular formula is C14H18ClNO2S. The lowest BCUT2D eigenvalue weighted by Gasteiger charge is -2.17. The van der Waals surface area contributed by atoms with Crippen molar-refractivity contribution < 1.29 is 8.42 Å². The number of benzene rings is 1. The fraction of sp³-hybridized carbons (Fsp3) is 0.571. The number of nitrogens with zero attached hydrogens (tertiary/aromatic N) is 1. The maximum atomic E-state index is 12.5. The fourth-order valence-electron chi connectivity index (χ4n) is 3.32. The highest BCUT2D eigenvalue weighted by Gasteiger charge is 2.40. The van der Waals surface area contributed by atoms with Gasteiger partial charge in [-0.25, -0.2) is 12.7 Å². The van der Waals surface area contributed by atoms with Gasteiger partial charge in [0.1, 0.15) is 0 Å². The summed E-state index contributed by atoms with van der Waals surface area (Å²) in [5.74, 6) is 1.19. The molecule has 1 aliphatic heterocycles. The van der Waals surface area contributed by atoms with Gasteiger partial charge in [0.05, 0.1) is 5.75 Å². The first-order valence-electron chi connectivity index (χ1n) is 6.77. The molecule has 1 aliphatic carbocycles. The van der Waals surface area contributed by atoms with Crippen LogP contribution in [0.3, 0.4) is 0 Å². The van der Waals surface area contributed by atoms with Gasteiger partial charge in [-0.15, -0.1) is 0 Å². The van der Waals surface area contributed by atoms with Crippen LogP contribution in [-0.4, -0.2) is 25.8 Å². The van der Waals surface area contributed by atoms with Crippen LogP contribution in [0.15, 0.2) is 24.3 Å². The summed E-state index contributed by atoms with van der Waals surface area (Å²) in [6, 6.07) is 7.18. The largest absolute Gasteiger partial charge is 0.218 e. The van der Waals surface area contributed by atoms with Crippen LogP contribution in [-0.2, 0) is 15.8 Å². The Hall–Kier alpha value is -0.580. The van der Waals surface area contributed by atoms with E-state index in [2.05, 4.69) is 0 Å². The van der Waals surface area contributed by atoms with Crippen molar-refractivity contribution in [2.45, 2.75) is 25.0 Å². The van der Waals surface area contributed by atoms with E-state index in [1.54, 1.807) is 16.4 Å². The molecule has 2 unspecified atom stereocenters. The molecule has 1 aromatic carbocycles. The van der Waals surface area contributed by atoms with E-state index in [4.69, 9.17) is 11.6 Å². The van der Waals surface area contributed by atoms with E-state index < -0.39 is 10.0 Å². The second-order valence-electron chi connectivity index (χ2n) is 5.62. The van der Waals surface area contributed by atoms with Gasteiger partial charge in [0, 0.05) is 18.1 Å². The summed E-state index contributed by atoms with van der Waals surface area (Å²) in [5, 5.41) is 0.533. The van der Waals surface area contributed by atoms with E-state index >= 15 is 0 Å². The van der Waals surface area contributed by atoms with Crippen LogP contribution in [0.4, 0.5) is 0 Å². The summed E-state index contributed by atoms with van der Waals surface area (Å²) in [7, 11) is -3.23. The van der Waals surface area contributed by atoms with Gasteiger partial charge in [-0.05, 0) is 36.3 Å². The summed E-state index contributed by atoms with van der Waals surface area (Å²) >= 11 is 6.05. The molecule has 0 radical (unpaired) electrons. The second kappa shape index (κ2) is 5.08. The standard InChI is InChI=1S/C14H18ClNO2S/c15-14-7-2-1-4-13(14)10-19(17,18)16-8-11-5-3-6-12(11)9-16/h1-2,4,7,11-12H,3,5-6,8-10H2. The molecule has 0 amide bonds. The molecule has 1 aromatic rings. The van der Waals surface area contributed by atoms with Gasteiger partial charge in [0.25, 0.3) is 0 Å². The van der Waals surface area contributed by atoms with Gasteiger partial charge in [0.15, 0.2) is 0 Å². The van der Waals surface area contributed by atoms with Crippen molar-refractivity contribution in [1.82, 2.24) is 4.31 Å². The molecule has 1 saturated heterocycles. The summed E-state index contributed by atoms with van der Waals surface area (Å²) in [4.78, 5) is 0. The minimum absolute atomic E-state index is 0.0200. The molecule has 19 heavy (non-hydrogen) atoms. The predicted molar refractivity (Wildman–Crippen MR) is 76.5 cm³/mol. The first kappa shape index (κ1) is 13.4. The van der Waals surface area contributed by atoms with Crippen molar-refractivity contribution >= 4 is 21.6 Å². The zero-order valence-electron chi connectivity index (χ0n) is 10.8. The maximum absolute atomic E-state index is 12.5. The first-order chi connectivity index (χ1) is 9.06. The minimum atomic E-state index is -3.23. The van der Waals surface area contributed by atoms with Gasteiger partial charge in [0.2, 0.25) is 10.0 Å². The zero-order valence-corrected chi connectivity index (χ0v) is 12.3. The van der Waals surface area contributed by atoms with Crippen LogP contribution in [0.1, 0.15) is 24.8 Å². The van der Waals surface area contributed by atoms with Crippen molar-refractivity contribution in [1.29, 1.82) is 0 Å². The van der Waals surface area contributed by atoms with Crippen molar-refractivity contribution in [2.75, 3.05) is 13.1 Å². The summed E-state index contributed by atoms with van der Waals surface area (Å²) in [5.41, 5.74) is 0.696. The van der Waals surface area contributed by atoms with E-state index in [0.29, 0.717) is 35.5 Å². The molecule has 104 valence electrons. The Morgan fingerprint density at radius 1 is 1.16 bits per heavy atom. The Bertz CT molecular complexity index is 561. The van der Waals surface area contributed by atoms with Gasteiger partial charge < -0.3 is 0 Å². The number of halogens is 1. The normalized spacial score (nSPS) is 27.6. The number of fused-ring (bicyclic) bond motifs is 1. The molecule has 3 nitrogen and oxygen atoms in total. The van der Waals surface area contributed by atoms with E-state index in [1.165, 1.54) is 19.3 Å². The van der Waals surface area contributed by atoms with Crippen molar-refractivity contribution in [3.05, 3.63) is 34.9 Å². The van der Waals surface area contributed by atoms with Crippen LogP contribution in [0.25, 0.3) is 0 Å². The van der Waals surface area contributed by atoms with Crippen molar-refractivity contribution in [2.24, 2.45) is 11.8 Å². The SMILES string of the molecule is O=S(=O)(Cc1ccccc1Cl)N1CC2CCCC2C1. The number of hydrogen-bond donors (Lipinski definition) is 0. The lowest BCUT2D eigenvalue weighted by Crippen LogP contribution is -2.30. The highest BCUT2D eigenvalue weighted by atomic mass is 35.5. The minimum Gasteiger partial charge on any atom is -0.212 e. The van der Waals surface area contributed by atoms with Crippen LogP contribution < -0.4 is 0 Å². The highest BCUT2D eigenvalue weighted by molar-refractivity contribution is 7.88. The Balaban J connectivity index is 1.75. The van der Waals surface area contributed by atoms with Crippen molar-refractivity contribution in [3.8, 4) is 0 Å². The molecule has 2 aliphatic rings. The molecule has 0 spiro atoms. The van der Waals surface area contributed by atoms with E-state index in [-0.39, 0.29) is 5.75 Å². The molecule has 3 rings (SSSR count). The molecule has 2 fully saturated rings. The molecule has 0 bridgehead atoms. The molecular weight excluding hydrogens is 282 g/mol. The van der Waals surface area contributed by atoms with E-state index in [9.17, 15) is 8.42 Å². The van der Waals surface area contributed by atoms with Gasteiger partial charge in [-0.1, -0.05) is 36.2 Å². The summed E-state index contributed by atoms with van der Waals surface area (Å²) in [6.07, 6.45) is 3.62. The van der Waals surface area contributed by atoms with Crippen LogP contribution >= 0.6 is 11.6 Å². The molecule has 5 heteroatoms. The molecule has 1 heterocycles. The number of rotatable bonds is 3.